The van der Waals surface area contributed by atoms with Gasteiger partial charge in [-0.3, -0.25) is 4.90 Å². The van der Waals surface area contributed by atoms with Crippen LogP contribution in [0.5, 0.6) is 0 Å². The summed E-state index contributed by atoms with van der Waals surface area (Å²) in [5, 5.41) is 17.9. The van der Waals surface area contributed by atoms with E-state index >= 15 is 0 Å². The highest BCUT2D eigenvalue weighted by atomic mass is 32.2. The summed E-state index contributed by atoms with van der Waals surface area (Å²) in [5.41, 5.74) is 1.09. The molecule has 0 spiro atoms. The summed E-state index contributed by atoms with van der Waals surface area (Å²) in [5.74, 6) is -0.183. The van der Waals surface area contributed by atoms with Crippen molar-refractivity contribution >= 4 is 10.0 Å². The van der Waals surface area contributed by atoms with Crippen LogP contribution < -0.4 is 0 Å². The molecule has 146 valence electrons. The van der Waals surface area contributed by atoms with Gasteiger partial charge in [0.1, 0.15) is 0 Å². The lowest BCUT2D eigenvalue weighted by Gasteiger charge is -2.34. The normalized spacial score (nSPS) is 17.8. The molecular weight excluding hydrogens is 360 g/mol. The number of piperazine rings is 1. The van der Waals surface area contributed by atoms with Crippen LogP contribution in [0.3, 0.4) is 0 Å². The van der Waals surface area contributed by atoms with E-state index in [1.165, 1.54) is 4.31 Å². The van der Waals surface area contributed by atoms with E-state index in [0.29, 0.717) is 50.5 Å². The number of nitrogens with zero attached hydrogens (tertiary/aromatic N) is 4. The second-order valence-electron chi connectivity index (χ2n) is 8.00. The molecular formula is C20H28N4O2S. The third-order valence-electron chi connectivity index (χ3n) is 4.96. The summed E-state index contributed by atoms with van der Waals surface area (Å²) in [6.07, 6.45) is 0.933. The molecule has 1 aromatic rings. The second-order valence-corrected chi connectivity index (χ2v) is 9.94. The molecule has 0 amide bonds. The monoisotopic (exact) mass is 388 g/mol. The fraction of sp³-hybridized carbons (Fsp3) is 0.600. The standard InChI is InChI=1S/C20H28N4O2S/c1-20(2,3)18-6-8-19(9-7-18)27(25,26)24-13-11-23(12-14-24)16-17(15-22)5-4-10-21/h6-9,17H,4-5,11-14,16H2,1-3H3. The van der Waals surface area contributed by atoms with Gasteiger partial charge in [-0.15, -0.1) is 0 Å². The molecule has 0 aliphatic carbocycles. The SMILES string of the molecule is CC(C)(C)c1ccc(S(=O)(=O)N2CCN(CC(C#N)CCC#N)CC2)cc1. The van der Waals surface area contributed by atoms with Gasteiger partial charge in [-0.1, -0.05) is 32.9 Å². The summed E-state index contributed by atoms with van der Waals surface area (Å²) in [6.45, 7) is 8.92. The van der Waals surface area contributed by atoms with Crippen LogP contribution in [0.1, 0.15) is 39.2 Å². The Hall–Kier alpha value is -1.93. The maximum Gasteiger partial charge on any atom is 0.243 e. The van der Waals surface area contributed by atoms with E-state index in [0.717, 1.165) is 5.56 Å². The highest BCUT2D eigenvalue weighted by Gasteiger charge is 2.29. The zero-order chi connectivity index (χ0) is 20.1. The van der Waals surface area contributed by atoms with Gasteiger partial charge in [0, 0.05) is 39.1 Å². The molecule has 0 aromatic heterocycles. The van der Waals surface area contributed by atoms with Gasteiger partial charge in [0.05, 0.1) is 23.0 Å². The number of benzene rings is 1. The van der Waals surface area contributed by atoms with Crippen molar-refractivity contribution in [2.75, 3.05) is 32.7 Å². The van der Waals surface area contributed by atoms with Gasteiger partial charge in [-0.05, 0) is 29.5 Å². The molecule has 7 heteroatoms. The molecule has 27 heavy (non-hydrogen) atoms. The van der Waals surface area contributed by atoms with Crippen LogP contribution in [-0.4, -0.2) is 50.3 Å². The Morgan fingerprint density at radius 3 is 2.15 bits per heavy atom. The number of nitriles is 2. The van der Waals surface area contributed by atoms with E-state index in [-0.39, 0.29) is 11.3 Å². The van der Waals surface area contributed by atoms with Crippen molar-refractivity contribution in [1.82, 2.24) is 9.21 Å². The number of sulfonamides is 1. The van der Waals surface area contributed by atoms with Gasteiger partial charge in [0.2, 0.25) is 10.0 Å². The average Bonchev–Trinajstić information content (AvgIpc) is 2.65. The van der Waals surface area contributed by atoms with Crippen molar-refractivity contribution < 1.29 is 8.42 Å². The smallest absolute Gasteiger partial charge is 0.243 e. The van der Waals surface area contributed by atoms with Gasteiger partial charge >= 0.3 is 0 Å². The van der Waals surface area contributed by atoms with Gasteiger partial charge < -0.3 is 0 Å². The Morgan fingerprint density at radius 1 is 1.07 bits per heavy atom. The van der Waals surface area contributed by atoms with Crippen LogP contribution in [0.25, 0.3) is 0 Å². The largest absolute Gasteiger partial charge is 0.299 e. The molecule has 0 saturated carbocycles. The molecule has 1 aliphatic rings. The third kappa shape index (κ3) is 5.52. The molecule has 1 fully saturated rings. The highest BCUT2D eigenvalue weighted by molar-refractivity contribution is 7.89. The van der Waals surface area contributed by atoms with Crippen LogP contribution in [0.4, 0.5) is 0 Å². The van der Waals surface area contributed by atoms with Crippen LogP contribution >= 0.6 is 0 Å². The van der Waals surface area contributed by atoms with Gasteiger partial charge in [-0.25, -0.2) is 8.42 Å². The van der Waals surface area contributed by atoms with Gasteiger partial charge in [0.15, 0.2) is 0 Å². The molecule has 1 unspecified atom stereocenters. The topological polar surface area (TPSA) is 88.2 Å². The summed E-state index contributed by atoms with van der Waals surface area (Å²) < 4.78 is 27.3. The molecule has 0 N–H and O–H groups in total. The van der Waals surface area contributed by atoms with Gasteiger partial charge in [-0.2, -0.15) is 14.8 Å². The molecule has 1 heterocycles. The van der Waals surface area contributed by atoms with Crippen LogP contribution in [0.15, 0.2) is 29.2 Å². The molecule has 0 radical (unpaired) electrons. The number of rotatable bonds is 6. The maximum atomic E-state index is 12.9. The predicted octanol–water partition coefficient (Wildman–Crippen LogP) is 2.73. The van der Waals surface area contributed by atoms with E-state index in [1.54, 1.807) is 12.1 Å². The minimum Gasteiger partial charge on any atom is -0.299 e. The van der Waals surface area contributed by atoms with E-state index in [1.807, 2.05) is 12.1 Å². The summed E-state index contributed by atoms with van der Waals surface area (Å²) in [7, 11) is -3.50. The lowest BCUT2D eigenvalue weighted by molar-refractivity contribution is 0.173. The van der Waals surface area contributed by atoms with Crippen LogP contribution in [0.2, 0.25) is 0 Å². The molecule has 1 saturated heterocycles. The number of hydrogen-bond acceptors (Lipinski definition) is 5. The average molecular weight is 389 g/mol. The molecule has 0 bridgehead atoms. The minimum absolute atomic E-state index is 0.0171. The Kier molecular flexibility index (Phi) is 7.00. The first-order valence-electron chi connectivity index (χ1n) is 9.28. The lowest BCUT2D eigenvalue weighted by atomic mass is 9.87. The molecule has 1 aliphatic heterocycles. The first-order chi connectivity index (χ1) is 12.7. The molecule has 6 nitrogen and oxygen atoms in total. The first kappa shape index (κ1) is 21.4. The zero-order valence-corrected chi connectivity index (χ0v) is 17.2. The highest BCUT2D eigenvalue weighted by Crippen LogP contribution is 2.25. The van der Waals surface area contributed by atoms with Crippen molar-refractivity contribution in [2.24, 2.45) is 5.92 Å². The number of hydrogen-bond donors (Lipinski definition) is 0. The van der Waals surface area contributed by atoms with Crippen molar-refractivity contribution in [2.45, 2.75) is 43.9 Å². The summed E-state index contributed by atoms with van der Waals surface area (Å²) in [6, 6.07) is 11.5. The first-order valence-corrected chi connectivity index (χ1v) is 10.7. The van der Waals surface area contributed by atoms with E-state index in [4.69, 9.17) is 5.26 Å². The summed E-state index contributed by atoms with van der Waals surface area (Å²) >= 11 is 0. The zero-order valence-electron chi connectivity index (χ0n) is 16.4. The fourth-order valence-electron chi connectivity index (χ4n) is 3.18. The third-order valence-corrected chi connectivity index (χ3v) is 6.87. The Bertz CT molecular complexity index is 806. The second kappa shape index (κ2) is 8.84. The van der Waals surface area contributed by atoms with E-state index < -0.39 is 10.0 Å². The quantitative estimate of drug-likeness (QED) is 0.748. The van der Waals surface area contributed by atoms with Gasteiger partial charge in [0.25, 0.3) is 0 Å². The molecule has 2 rings (SSSR count). The minimum atomic E-state index is -3.50. The Labute approximate surface area is 163 Å². The van der Waals surface area contributed by atoms with Crippen molar-refractivity contribution in [3.8, 4) is 12.1 Å². The molecule has 1 aromatic carbocycles. The Morgan fingerprint density at radius 2 is 1.67 bits per heavy atom. The Balaban J connectivity index is 1.98. The fourth-order valence-corrected chi connectivity index (χ4v) is 4.60. The van der Waals surface area contributed by atoms with Crippen molar-refractivity contribution in [3.05, 3.63) is 29.8 Å². The van der Waals surface area contributed by atoms with Crippen LogP contribution in [0, 0.1) is 28.6 Å². The maximum absolute atomic E-state index is 12.9. The van der Waals surface area contributed by atoms with Crippen LogP contribution in [-0.2, 0) is 15.4 Å². The van der Waals surface area contributed by atoms with Crippen molar-refractivity contribution in [1.29, 1.82) is 10.5 Å². The van der Waals surface area contributed by atoms with Crippen molar-refractivity contribution in [3.63, 3.8) is 0 Å². The van der Waals surface area contributed by atoms with E-state index in [9.17, 15) is 13.7 Å². The molecule has 1 atom stereocenters. The lowest BCUT2D eigenvalue weighted by Crippen LogP contribution is -2.49. The predicted molar refractivity (Wildman–Crippen MR) is 104 cm³/mol. The summed E-state index contributed by atoms with van der Waals surface area (Å²) in [4.78, 5) is 2.44. The van der Waals surface area contributed by atoms with E-state index in [2.05, 4.69) is 37.8 Å².